The summed E-state index contributed by atoms with van der Waals surface area (Å²) in [7, 11) is 0. The molecule has 2 N–H and O–H groups in total. The number of aliphatic hydroxyl groups excluding tert-OH is 1. The Bertz CT molecular complexity index is 1600. The van der Waals surface area contributed by atoms with Crippen molar-refractivity contribution in [2.75, 3.05) is 64.0 Å². The third kappa shape index (κ3) is 6.18. The lowest BCUT2D eigenvalue weighted by Gasteiger charge is -2.43. The molecular weight excluding hydrogens is 577 g/mol. The Balaban J connectivity index is 1.37. The molecule has 244 valence electrons. The molecule has 2 fully saturated rings. The first-order valence-electron chi connectivity index (χ1n) is 16.1. The summed E-state index contributed by atoms with van der Waals surface area (Å²) in [6.45, 7) is 15.4. The maximum atomic E-state index is 14.3. The van der Waals surface area contributed by atoms with Gasteiger partial charge in [-0.2, -0.15) is 0 Å². The average Bonchev–Trinajstić information content (AvgIpc) is 3.49. The van der Waals surface area contributed by atoms with Gasteiger partial charge in [-0.05, 0) is 44.5 Å². The molecule has 11 nitrogen and oxygen atoms in total. The van der Waals surface area contributed by atoms with Crippen LogP contribution in [-0.4, -0.2) is 112 Å². The summed E-state index contributed by atoms with van der Waals surface area (Å²) in [6.07, 6.45) is 0.401. The van der Waals surface area contributed by atoms with Gasteiger partial charge in [0, 0.05) is 68.2 Å². The van der Waals surface area contributed by atoms with Crippen LogP contribution in [0, 0.1) is 5.82 Å². The number of halogens is 1. The molecule has 1 amide bonds. The van der Waals surface area contributed by atoms with Gasteiger partial charge in [-0.25, -0.2) is 18.3 Å². The van der Waals surface area contributed by atoms with Crippen LogP contribution in [0.15, 0.2) is 35.1 Å². The Kier molecular flexibility index (Phi) is 8.88. The molecule has 0 bridgehead atoms. The van der Waals surface area contributed by atoms with Crippen LogP contribution >= 0.6 is 0 Å². The summed E-state index contributed by atoms with van der Waals surface area (Å²) in [5.41, 5.74) is 2.67. The Labute approximate surface area is 263 Å². The van der Waals surface area contributed by atoms with E-state index in [0.29, 0.717) is 30.3 Å². The maximum Gasteiger partial charge on any atom is 0.351 e. The third-order valence-electron chi connectivity index (χ3n) is 9.66. The monoisotopic (exact) mass is 623 g/mol. The first-order chi connectivity index (χ1) is 21.5. The van der Waals surface area contributed by atoms with Crippen LogP contribution in [0.5, 0.6) is 0 Å². The molecule has 2 aromatic heterocycles. The number of carbonyl (C=O) groups is 1. The van der Waals surface area contributed by atoms with Crippen molar-refractivity contribution < 1.29 is 19.0 Å². The quantitative estimate of drug-likeness (QED) is 0.391. The highest BCUT2D eigenvalue weighted by molar-refractivity contribution is 5.97. The number of fused-ring (bicyclic) bond motifs is 3. The van der Waals surface area contributed by atoms with Gasteiger partial charge >= 0.3 is 5.69 Å². The van der Waals surface area contributed by atoms with Crippen LogP contribution in [0.3, 0.4) is 0 Å². The average molecular weight is 624 g/mol. The molecule has 2 saturated heterocycles. The number of nitrogens with zero attached hydrogens (tertiary/aromatic N) is 6. The summed E-state index contributed by atoms with van der Waals surface area (Å²) in [5.74, 6) is -0.329. The van der Waals surface area contributed by atoms with Crippen LogP contribution in [0.1, 0.15) is 57.5 Å². The number of benzene rings is 1. The molecule has 0 unspecified atom stereocenters. The van der Waals surface area contributed by atoms with Crippen LogP contribution in [0.2, 0.25) is 0 Å². The number of pyridine rings is 1. The molecule has 6 rings (SSSR count). The first kappa shape index (κ1) is 31.8. The number of rotatable bonds is 8. The summed E-state index contributed by atoms with van der Waals surface area (Å²) in [6, 6.07) is 8.51. The minimum absolute atomic E-state index is 0.00722. The van der Waals surface area contributed by atoms with Gasteiger partial charge < -0.3 is 20.1 Å². The smallest absolute Gasteiger partial charge is 0.351 e. The van der Waals surface area contributed by atoms with Crippen molar-refractivity contribution in [1.29, 1.82) is 0 Å². The predicted molar refractivity (Wildman–Crippen MR) is 171 cm³/mol. The first-order valence-corrected chi connectivity index (χ1v) is 16.1. The zero-order chi connectivity index (χ0) is 32.0. The largest absolute Gasteiger partial charge is 0.394 e. The predicted octanol–water partition coefficient (Wildman–Crippen LogP) is 1.79. The van der Waals surface area contributed by atoms with E-state index in [1.165, 1.54) is 16.8 Å². The molecule has 0 spiro atoms. The van der Waals surface area contributed by atoms with E-state index in [4.69, 9.17) is 4.74 Å². The second kappa shape index (κ2) is 12.6. The zero-order valence-electron chi connectivity index (χ0n) is 27.0. The molecule has 5 heterocycles. The minimum atomic E-state index is -0.531. The van der Waals surface area contributed by atoms with Crippen molar-refractivity contribution in [1.82, 2.24) is 29.3 Å². The number of ether oxygens (including phenoxy) is 1. The SMILES string of the molecule is C[C@@H]1CN(CC(=O)N2CC(C)(C)c3c2cc(Cc2ccc(F)cc2)c2nn([C@H](C)CO)c(=O)n32)[C@@H](CN2CCOC[C@H]2C)CN1. The van der Waals surface area contributed by atoms with Gasteiger partial charge in [0.15, 0.2) is 5.65 Å². The summed E-state index contributed by atoms with van der Waals surface area (Å²) < 4.78 is 22.3. The number of aromatic nitrogens is 3. The molecule has 3 aromatic rings. The molecule has 4 atom stereocenters. The highest BCUT2D eigenvalue weighted by Gasteiger charge is 2.43. The lowest BCUT2D eigenvalue weighted by atomic mass is 9.90. The Morgan fingerprint density at radius 2 is 1.98 bits per heavy atom. The van der Waals surface area contributed by atoms with Gasteiger partial charge in [0.05, 0.1) is 43.8 Å². The molecule has 45 heavy (non-hydrogen) atoms. The number of hydrogen-bond donors (Lipinski definition) is 2. The van der Waals surface area contributed by atoms with Crippen molar-refractivity contribution >= 4 is 17.2 Å². The highest BCUT2D eigenvalue weighted by Crippen LogP contribution is 2.42. The number of nitrogens with one attached hydrogen (secondary N) is 1. The Hall–Kier alpha value is -3.16. The molecule has 1 aromatic carbocycles. The van der Waals surface area contributed by atoms with Crippen molar-refractivity contribution in [3.8, 4) is 0 Å². The fourth-order valence-electron chi connectivity index (χ4n) is 7.12. The number of hydrogen-bond acceptors (Lipinski definition) is 8. The summed E-state index contributed by atoms with van der Waals surface area (Å²) in [4.78, 5) is 34.8. The molecule has 0 aliphatic carbocycles. The van der Waals surface area contributed by atoms with Gasteiger partial charge in [0.25, 0.3) is 0 Å². The van der Waals surface area contributed by atoms with E-state index in [2.05, 4.69) is 34.1 Å². The van der Waals surface area contributed by atoms with Crippen LogP contribution < -0.4 is 15.9 Å². The highest BCUT2D eigenvalue weighted by atomic mass is 19.1. The van der Waals surface area contributed by atoms with Gasteiger partial charge in [0.2, 0.25) is 5.91 Å². The Morgan fingerprint density at radius 1 is 1.22 bits per heavy atom. The van der Waals surface area contributed by atoms with Crippen molar-refractivity contribution in [3.05, 3.63) is 63.5 Å². The molecule has 0 radical (unpaired) electrons. The normalized spacial score (nSPS) is 24.7. The summed E-state index contributed by atoms with van der Waals surface area (Å²) >= 11 is 0. The second-order valence-corrected chi connectivity index (χ2v) is 13.8. The van der Waals surface area contributed by atoms with Crippen LogP contribution in [0.4, 0.5) is 10.1 Å². The van der Waals surface area contributed by atoms with Gasteiger partial charge in [-0.3, -0.25) is 14.6 Å². The maximum absolute atomic E-state index is 14.3. The Morgan fingerprint density at radius 3 is 2.69 bits per heavy atom. The van der Waals surface area contributed by atoms with Gasteiger partial charge in [-0.1, -0.05) is 26.0 Å². The van der Waals surface area contributed by atoms with E-state index in [0.717, 1.165) is 56.2 Å². The van der Waals surface area contributed by atoms with Crippen molar-refractivity contribution in [3.63, 3.8) is 0 Å². The van der Waals surface area contributed by atoms with Crippen LogP contribution in [0.25, 0.3) is 5.65 Å². The number of morpholine rings is 1. The molecular formula is C33H46FN7O4. The van der Waals surface area contributed by atoms with E-state index in [1.54, 1.807) is 23.5 Å². The topological polar surface area (TPSA) is 108 Å². The van der Waals surface area contributed by atoms with E-state index < -0.39 is 11.5 Å². The van der Waals surface area contributed by atoms with E-state index in [9.17, 15) is 19.1 Å². The van der Waals surface area contributed by atoms with E-state index in [1.807, 2.05) is 24.8 Å². The van der Waals surface area contributed by atoms with Crippen molar-refractivity contribution in [2.24, 2.45) is 0 Å². The number of piperazine rings is 1. The number of aliphatic hydroxyl groups is 1. The van der Waals surface area contributed by atoms with E-state index >= 15 is 0 Å². The number of carbonyl (C=O) groups excluding carboxylic acids is 1. The van der Waals surface area contributed by atoms with Crippen molar-refractivity contribution in [2.45, 2.75) is 70.6 Å². The standard InChI is InChI=1S/C33H46FN7O4/c1-21-15-38(27(14-35-21)16-37-10-11-45-19-23(37)3)17-29(43)39-20-33(4,5)30-28(39)13-25(12-24-6-8-26(34)9-7-24)31-36-41(22(2)18-42)32(44)40(30)31/h6-9,13,21-23,27,35,42H,10-12,14-20H2,1-5H3/t21-,22-,23-,27-/m1/s1. The second-order valence-electron chi connectivity index (χ2n) is 13.8. The minimum Gasteiger partial charge on any atom is -0.394 e. The lowest BCUT2D eigenvalue weighted by Crippen LogP contribution is -2.62. The number of amides is 1. The molecule has 12 heteroatoms. The van der Waals surface area contributed by atoms with Gasteiger partial charge in [0.1, 0.15) is 5.82 Å². The fraction of sp³-hybridized carbons (Fsp3) is 0.606. The van der Waals surface area contributed by atoms with E-state index in [-0.39, 0.29) is 42.6 Å². The van der Waals surface area contributed by atoms with Crippen LogP contribution in [-0.2, 0) is 21.4 Å². The molecule has 3 aliphatic rings. The number of anilines is 1. The third-order valence-corrected chi connectivity index (χ3v) is 9.66. The molecule has 0 saturated carbocycles. The van der Waals surface area contributed by atoms with Gasteiger partial charge in [-0.15, -0.1) is 5.10 Å². The molecule has 3 aliphatic heterocycles. The zero-order valence-corrected chi connectivity index (χ0v) is 27.0. The summed E-state index contributed by atoms with van der Waals surface area (Å²) in [5, 5.41) is 18.2. The lowest BCUT2D eigenvalue weighted by molar-refractivity contribution is -0.121. The fourth-order valence-corrected chi connectivity index (χ4v) is 7.12.